The Balaban J connectivity index is 1.85. The summed E-state index contributed by atoms with van der Waals surface area (Å²) < 4.78 is 0. The molecule has 1 atom stereocenters. The third-order valence-corrected chi connectivity index (χ3v) is 3.06. The van der Waals surface area contributed by atoms with Crippen LogP contribution in [0.1, 0.15) is 19.3 Å². The Bertz CT molecular complexity index is 173. The average Bonchev–Trinajstić information content (AvgIpc) is 2.62. The van der Waals surface area contributed by atoms with Crippen molar-refractivity contribution in [1.82, 2.24) is 15.5 Å². The normalized spacial score (nSPS) is 31.0. The molecule has 80 valence electrons. The second kappa shape index (κ2) is 5.49. The minimum atomic E-state index is 0.602. The maximum atomic E-state index is 3.59. The molecule has 1 unspecified atom stereocenters. The number of rotatable bonds is 1. The topological polar surface area (TPSA) is 27.3 Å². The Hall–Kier alpha value is -0.380. The summed E-state index contributed by atoms with van der Waals surface area (Å²) in [6.07, 6.45) is 8.91. The summed E-state index contributed by atoms with van der Waals surface area (Å²) >= 11 is 0. The zero-order valence-electron chi connectivity index (χ0n) is 8.84. The van der Waals surface area contributed by atoms with Crippen molar-refractivity contribution in [2.24, 2.45) is 0 Å². The van der Waals surface area contributed by atoms with Gasteiger partial charge in [0.2, 0.25) is 0 Å². The minimum Gasteiger partial charge on any atom is -0.315 e. The highest BCUT2D eigenvalue weighted by Crippen LogP contribution is 2.09. The van der Waals surface area contributed by atoms with Crippen molar-refractivity contribution in [2.75, 3.05) is 32.7 Å². The maximum absolute atomic E-state index is 3.59. The van der Waals surface area contributed by atoms with Crippen molar-refractivity contribution in [3.8, 4) is 0 Å². The Morgan fingerprint density at radius 2 is 2.14 bits per heavy atom. The molecule has 3 nitrogen and oxygen atoms in total. The van der Waals surface area contributed by atoms with E-state index in [4.69, 9.17) is 0 Å². The van der Waals surface area contributed by atoms with E-state index in [1.807, 2.05) is 0 Å². The molecule has 0 saturated carbocycles. The lowest BCUT2D eigenvalue weighted by molar-refractivity contribution is 0.172. The highest BCUT2D eigenvalue weighted by atomic mass is 15.3. The van der Waals surface area contributed by atoms with E-state index in [0.29, 0.717) is 6.17 Å². The van der Waals surface area contributed by atoms with Crippen LogP contribution in [0.4, 0.5) is 0 Å². The Kier molecular flexibility index (Phi) is 3.98. The minimum absolute atomic E-state index is 0.602. The van der Waals surface area contributed by atoms with Crippen LogP contribution in [0, 0.1) is 0 Å². The van der Waals surface area contributed by atoms with E-state index in [-0.39, 0.29) is 0 Å². The number of hydrogen-bond acceptors (Lipinski definition) is 3. The summed E-state index contributed by atoms with van der Waals surface area (Å²) in [5, 5.41) is 7.04. The molecule has 2 aliphatic heterocycles. The fourth-order valence-corrected chi connectivity index (χ4v) is 2.25. The second-order valence-electron chi connectivity index (χ2n) is 4.11. The molecule has 2 aliphatic rings. The largest absolute Gasteiger partial charge is 0.315 e. The van der Waals surface area contributed by atoms with Crippen molar-refractivity contribution in [1.29, 1.82) is 0 Å². The highest BCUT2D eigenvalue weighted by molar-refractivity contribution is 4.90. The molecule has 2 N–H and O–H groups in total. The second-order valence-corrected chi connectivity index (χ2v) is 4.11. The van der Waals surface area contributed by atoms with Crippen LogP contribution in [0.25, 0.3) is 0 Å². The Morgan fingerprint density at radius 1 is 1.14 bits per heavy atom. The van der Waals surface area contributed by atoms with Crippen molar-refractivity contribution < 1.29 is 0 Å². The lowest BCUT2D eigenvalue weighted by Crippen LogP contribution is -2.46. The predicted octanol–water partition coefficient (Wildman–Crippen LogP) is 0.547. The van der Waals surface area contributed by atoms with Crippen LogP contribution in [0.2, 0.25) is 0 Å². The third kappa shape index (κ3) is 2.80. The van der Waals surface area contributed by atoms with Crippen molar-refractivity contribution >= 4 is 0 Å². The molecule has 0 amide bonds. The van der Waals surface area contributed by atoms with Crippen molar-refractivity contribution in [2.45, 2.75) is 25.4 Å². The monoisotopic (exact) mass is 195 g/mol. The van der Waals surface area contributed by atoms with E-state index in [9.17, 15) is 0 Å². The molecule has 2 rings (SSSR count). The van der Waals surface area contributed by atoms with Gasteiger partial charge in [-0.3, -0.25) is 10.2 Å². The summed E-state index contributed by atoms with van der Waals surface area (Å²) in [4.78, 5) is 2.59. The van der Waals surface area contributed by atoms with Gasteiger partial charge < -0.3 is 5.32 Å². The van der Waals surface area contributed by atoms with Gasteiger partial charge in [-0.05, 0) is 25.8 Å². The SMILES string of the molecule is C1=CCNC(N2CCCNCC2)CC1. The summed E-state index contributed by atoms with van der Waals surface area (Å²) in [7, 11) is 0. The molecule has 0 radical (unpaired) electrons. The smallest absolute Gasteiger partial charge is 0.0602 e. The first-order valence-electron chi connectivity index (χ1n) is 5.80. The Morgan fingerprint density at radius 3 is 3.14 bits per heavy atom. The van der Waals surface area contributed by atoms with Gasteiger partial charge in [0.05, 0.1) is 6.17 Å². The van der Waals surface area contributed by atoms with Gasteiger partial charge in [-0.1, -0.05) is 12.2 Å². The third-order valence-electron chi connectivity index (χ3n) is 3.06. The van der Waals surface area contributed by atoms with Crippen molar-refractivity contribution in [3.05, 3.63) is 12.2 Å². The molecular weight excluding hydrogens is 174 g/mol. The van der Waals surface area contributed by atoms with Crippen LogP contribution >= 0.6 is 0 Å². The summed E-state index contributed by atoms with van der Waals surface area (Å²) in [5.74, 6) is 0. The molecule has 1 fully saturated rings. The number of allylic oxidation sites excluding steroid dienone is 1. The molecule has 0 aromatic rings. The standard InChI is InChI=1S/C11H21N3/c1-2-5-11(13-7-3-1)14-9-4-6-12-8-10-14/h1,3,11-13H,2,4-10H2. The predicted molar refractivity (Wildman–Crippen MR) is 59.2 cm³/mol. The average molecular weight is 195 g/mol. The van der Waals surface area contributed by atoms with Gasteiger partial charge in [0.1, 0.15) is 0 Å². The van der Waals surface area contributed by atoms with Crippen LogP contribution in [0.15, 0.2) is 12.2 Å². The van der Waals surface area contributed by atoms with Crippen LogP contribution < -0.4 is 10.6 Å². The molecule has 0 aliphatic carbocycles. The van der Waals surface area contributed by atoms with Gasteiger partial charge in [0.15, 0.2) is 0 Å². The molecule has 0 bridgehead atoms. The van der Waals surface area contributed by atoms with E-state index < -0.39 is 0 Å². The number of hydrogen-bond donors (Lipinski definition) is 2. The first kappa shape index (κ1) is 10.1. The summed E-state index contributed by atoms with van der Waals surface area (Å²) in [6, 6.07) is 0. The fourth-order valence-electron chi connectivity index (χ4n) is 2.25. The molecule has 3 heteroatoms. The van der Waals surface area contributed by atoms with Crippen LogP contribution in [0.3, 0.4) is 0 Å². The summed E-state index contributed by atoms with van der Waals surface area (Å²) in [5.41, 5.74) is 0. The Labute approximate surface area is 86.5 Å². The summed E-state index contributed by atoms with van der Waals surface area (Å²) in [6.45, 7) is 5.80. The van der Waals surface area contributed by atoms with Crippen molar-refractivity contribution in [3.63, 3.8) is 0 Å². The van der Waals surface area contributed by atoms with E-state index in [1.54, 1.807) is 0 Å². The van der Waals surface area contributed by atoms with Gasteiger partial charge in [-0.15, -0.1) is 0 Å². The molecule has 0 aromatic carbocycles. The first-order valence-corrected chi connectivity index (χ1v) is 5.80. The van der Waals surface area contributed by atoms with Gasteiger partial charge in [0.25, 0.3) is 0 Å². The van der Waals surface area contributed by atoms with Gasteiger partial charge in [-0.2, -0.15) is 0 Å². The molecular formula is C11H21N3. The molecule has 14 heavy (non-hydrogen) atoms. The lowest BCUT2D eigenvalue weighted by atomic mass is 10.2. The van der Waals surface area contributed by atoms with E-state index in [1.165, 1.54) is 38.9 Å². The maximum Gasteiger partial charge on any atom is 0.0602 e. The number of nitrogens with one attached hydrogen (secondary N) is 2. The first-order chi connectivity index (χ1) is 6.97. The number of nitrogens with zero attached hydrogens (tertiary/aromatic N) is 1. The molecule has 0 spiro atoms. The van der Waals surface area contributed by atoms with Crippen LogP contribution in [-0.4, -0.2) is 43.8 Å². The zero-order valence-corrected chi connectivity index (χ0v) is 8.84. The van der Waals surface area contributed by atoms with Gasteiger partial charge in [-0.25, -0.2) is 0 Å². The van der Waals surface area contributed by atoms with E-state index in [2.05, 4.69) is 27.7 Å². The zero-order chi connectivity index (χ0) is 9.64. The molecule has 1 saturated heterocycles. The fraction of sp³-hybridized carbons (Fsp3) is 0.818. The van der Waals surface area contributed by atoms with E-state index >= 15 is 0 Å². The van der Waals surface area contributed by atoms with Gasteiger partial charge >= 0.3 is 0 Å². The van der Waals surface area contributed by atoms with Crippen LogP contribution in [0.5, 0.6) is 0 Å². The van der Waals surface area contributed by atoms with Crippen LogP contribution in [-0.2, 0) is 0 Å². The van der Waals surface area contributed by atoms with Gasteiger partial charge in [0, 0.05) is 26.2 Å². The lowest BCUT2D eigenvalue weighted by Gasteiger charge is -2.30. The molecule has 2 heterocycles. The quantitative estimate of drug-likeness (QED) is 0.598. The van der Waals surface area contributed by atoms with E-state index in [0.717, 1.165) is 13.1 Å². The molecule has 0 aromatic heterocycles. The highest BCUT2D eigenvalue weighted by Gasteiger charge is 2.18.